The zero-order chi connectivity index (χ0) is 15.4. The van der Waals surface area contributed by atoms with Crippen molar-refractivity contribution in [2.45, 2.75) is 44.7 Å². The molecular weight excluding hydrogens is 340 g/mol. The molecule has 22 heavy (non-hydrogen) atoms. The lowest BCUT2D eigenvalue weighted by Gasteiger charge is -2.40. The van der Waals surface area contributed by atoms with Crippen molar-refractivity contribution in [1.29, 1.82) is 0 Å². The van der Waals surface area contributed by atoms with Crippen LogP contribution in [0.3, 0.4) is 0 Å². The van der Waals surface area contributed by atoms with Crippen LogP contribution in [0.4, 0.5) is 0 Å². The monoisotopic (exact) mass is 366 g/mol. The van der Waals surface area contributed by atoms with Crippen LogP contribution in [-0.4, -0.2) is 49.1 Å². The molecule has 0 N–H and O–H groups in total. The van der Waals surface area contributed by atoms with Gasteiger partial charge in [0.15, 0.2) is 0 Å². The van der Waals surface area contributed by atoms with E-state index in [-0.39, 0.29) is 0 Å². The molecule has 0 spiro atoms. The van der Waals surface area contributed by atoms with E-state index in [1.54, 1.807) is 7.11 Å². The Labute approximate surface area is 142 Å². The Morgan fingerprint density at radius 1 is 1.09 bits per heavy atom. The molecule has 0 atom stereocenters. The van der Waals surface area contributed by atoms with Gasteiger partial charge in [-0.2, -0.15) is 0 Å². The number of rotatable bonds is 4. The van der Waals surface area contributed by atoms with E-state index in [0.717, 1.165) is 22.8 Å². The molecule has 3 nitrogen and oxygen atoms in total. The predicted molar refractivity (Wildman–Crippen MR) is 94.4 cm³/mol. The average molecular weight is 367 g/mol. The SMILES string of the molecule is COc1ccc(Br)cc1CN1CCN(C2CCCCC2)CC1. The van der Waals surface area contributed by atoms with Crippen molar-refractivity contribution < 1.29 is 4.74 Å². The highest BCUT2D eigenvalue weighted by Gasteiger charge is 2.25. The number of methoxy groups -OCH3 is 1. The second-order valence-electron chi connectivity index (χ2n) is 6.56. The van der Waals surface area contributed by atoms with Gasteiger partial charge in [-0.15, -0.1) is 0 Å². The summed E-state index contributed by atoms with van der Waals surface area (Å²) in [4.78, 5) is 5.29. The second-order valence-corrected chi connectivity index (χ2v) is 7.48. The van der Waals surface area contributed by atoms with Gasteiger partial charge < -0.3 is 4.74 Å². The Hall–Kier alpha value is -0.580. The first kappa shape index (κ1) is 16.3. The molecule has 4 heteroatoms. The zero-order valence-electron chi connectivity index (χ0n) is 13.6. The highest BCUT2D eigenvalue weighted by Crippen LogP contribution is 2.26. The van der Waals surface area contributed by atoms with E-state index in [1.165, 1.54) is 63.8 Å². The van der Waals surface area contributed by atoms with Gasteiger partial charge in [0.25, 0.3) is 0 Å². The summed E-state index contributed by atoms with van der Waals surface area (Å²) in [6.07, 6.45) is 7.14. The van der Waals surface area contributed by atoms with E-state index in [1.807, 2.05) is 6.07 Å². The van der Waals surface area contributed by atoms with Gasteiger partial charge in [0, 0.05) is 48.8 Å². The van der Waals surface area contributed by atoms with Gasteiger partial charge in [-0.3, -0.25) is 9.80 Å². The smallest absolute Gasteiger partial charge is 0.123 e. The quantitative estimate of drug-likeness (QED) is 0.803. The van der Waals surface area contributed by atoms with Crippen LogP contribution in [0.1, 0.15) is 37.7 Å². The summed E-state index contributed by atoms with van der Waals surface area (Å²) in [6, 6.07) is 7.14. The summed E-state index contributed by atoms with van der Waals surface area (Å²) in [6.45, 7) is 5.78. The molecule has 1 aromatic carbocycles. The maximum atomic E-state index is 5.50. The topological polar surface area (TPSA) is 15.7 Å². The standard InChI is InChI=1S/C18H27BrN2O/c1-22-18-8-7-16(19)13-15(18)14-20-9-11-21(12-10-20)17-5-3-2-4-6-17/h7-8,13,17H,2-6,9-12,14H2,1H3. The highest BCUT2D eigenvalue weighted by atomic mass is 79.9. The average Bonchev–Trinajstić information content (AvgIpc) is 2.57. The van der Waals surface area contributed by atoms with E-state index >= 15 is 0 Å². The van der Waals surface area contributed by atoms with Gasteiger partial charge in [-0.25, -0.2) is 0 Å². The molecule has 0 aromatic heterocycles. The van der Waals surface area contributed by atoms with E-state index in [2.05, 4.69) is 37.9 Å². The molecule has 0 unspecified atom stereocenters. The minimum Gasteiger partial charge on any atom is -0.496 e. The molecule has 0 bridgehead atoms. The first-order valence-electron chi connectivity index (χ1n) is 8.55. The largest absolute Gasteiger partial charge is 0.496 e. The summed E-state index contributed by atoms with van der Waals surface area (Å²) >= 11 is 3.57. The minimum atomic E-state index is 0.858. The maximum absolute atomic E-state index is 5.50. The molecule has 3 rings (SSSR count). The second kappa shape index (κ2) is 7.80. The van der Waals surface area contributed by atoms with Crippen molar-refractivity contribution in [3.05, 3.63) is 28.2 Å². The van der Waals surface area contributed by atoms with Crippen LogP contribution < -0.4 is 4.74 Å². The van der Waals surface area contributed by atoms with Gasteiger partial charge >= 0.3 is 0 Å². The molecule has 1 heterocycles. The lowest BCUT2D eigenvalue weighted by molar-refractivity contribution is 0.0751. The van der Waals surface area contributed by atoms with E-state index in [9.17, 15) is 0 Å². The van der Waals surface area contributed by atoms with Crippen molar-refractivity contribution in [2.75, 3.05) is 33.3 Å². The summed E-state index contributed by atoms with van der Waals surface area (Å²) in [5.74, 6) is 0.998. The third kappa shape index (κ3) is 4.03. The molecule has 0 radical (unpaired) electrons. The Balaban J connectivity index is 1.54. The van der Waals surface area contributed by atoms with E-state index in [0.29, 0.717) is 0 Å². The highest BCUT2D eigenvalue weighted by molar-refractivity contribution is 9.10. The van der Waals surface area contributed by atoms with Gasteiger partial charge in [0.2, 0.25) is 0 Å². The Morgan fingerprint density at radius 2 is 1.82 bits per heavy atom. The first-order chi connectivity index (χ1) is 10.8. The maximum Gasteiger partial charge on any atom is 0.123 e. The van der Waals surface area contributed by atoms with Crippen molar-refractivity contribution >= 4 is 15.9 Å². The van der Waals surface area contributed by atoms with E-state index in [4.69, 9.17) is 4.74 Å². The number of piperazine rings is 1. The Bertz CT molecular complexity index is 480. The first-order valence-corrected chi connectivity index (χ1v) is 9.34. The molecule has 1 saturated carbocycles. The minimum absolute atomic E-state index is 0.858. The molecule has 2 fully saturated rings. The number of ether oxygens (including phenoxy) is 1. The third-order valence-corrected chi connectivity index (χ3v) is 5.63. The third-order valence-electron chi connectivity index (χ3n) is 5.13. The van der Waals surface area contributed by atoms with Crippen LogP contribution in [0, 0.1) is 0 Å². The lowest BCUT2D eigenvalue weighted by Crippen LogP contribution is -2.50. The van der Waals surface area contributed by atoms with Crippen LogP contribution in [0.25, 0.3) is 0 Å². The van der Waals surface area contributed by atoms with Crippen LogP contribution >= 0.6 is 15.9 Å². The van der Waals surface area contributed by atoms with Gasteiger partial charge in [-0.1, -0.05) is 35.2 Å². The normalized spacial score (nSPS) is 21.9. The fourth-order valence-electron chi connectivity index (χ4n) is 3.84. The molecule has 2 aliphatic rings. The van der Waals surface area contributed by atoms with Crippen LogP contribution in [-0.2, 0) is 6.54 Å². The van der Waals surface area contributed by atoms with Crippen molar-refractivity contribution in [1.82, 2.24) is 9.80 Å². The Morgan fingerprint density at radius 3 is 2.50 bits per heavy atom. The molecule has 1 saturated heterocycles. The lowest BCUT2D eigenvalue weighted by atomic mass is 9.94. The molecule has 1 aliphatic carbocycles. The van der Waals surface area contributed by atoms with E-state index < -0.39 is 0 Å². The van der Waals surface area contributed by atoms with Gasteiger partial charge in [0.1, 0.15) is 5.75 Å². The molecule has 0 amide bonds. The molecule has 1 aromatic rings. The molecular formula is C18H27BrN2O. The van der Waals surface area contributed by atoms with Crippen LogP contribution in [0.2, 0.25) is 0 Å². The van der Waals surface area contributed by atoms with Gasteiger partial charge in [0.05, 0.1) is 7.11 Å². The van der Waals surface area contributed by atoms with Crippen molar-refractivity contribution in [3.8, 4) is 5.75 Å². The van der Waals surface area contributed by atoms with Crippen LogP contribution in [0.5, 0.6) is 5.75 Å². The summed E-state index contributed by atoms with van der Waals surface area (Å²) in [5.41, 5.74) is 1.28. The number of nitrogens with zero attached hydrogens (tertiary/aromatic N) is 2. The van der Waals surface area contributed by atoms with Gasteiger partial charge in [-0.05, 0) is 31.0 Å². The molecule has 1 aliphatic heterocycles. The number of hydrogen-bond acceptors (Lipinski definition) is 3. The zero-order valence-corrected chi connectivity index (χ0v) is 15.1. The number of hydrogen-bond donors (Lipinski definition) is 0. The fraction of sp³-hybridized carbons (Fsp3) is 0.667. The predicted octanol–water partition coefficient (Wildman–Crippen LogP) is 3.91. The Kier molecular flexibility index (Phi) is 5.77. The van der Waals surface area contributed by atoms with Crippen molar-refractivity contribution in [3.63, 3.8) is 0 Å². The fourth-order valence-corrected chi connectivity index (χ4v) is 4.25. The summed E-state index contributed by atoms with van der Waals surface area (Å²) in [5, 5.41) is 0. The number of benzene rings is 1. The van der Waals surface area contributed by atoms with Crippen LogP contribution in [0.15, 0.2) is 22.7 Å². The number of halogens is 1. The summed E-state index contributed by atoms with van der Waals surface area (Å²) < 4.78 is 6.63. The van der Waals surface area contributed by atoms with Crippen molar-refractivity contribution in [2.24, 2.45) is 0 Å². The molecule has 122 valence electrons. The summed E-state index contributed by atoms with van der Waals surface area (Å²) in [7, 11) is 1.76.